The number of hydrogen-bond donors (Lipinski definition) is 1. The summed E-state index contributed by atoms with van der Waals surface area (Å²) >= 11 is 0. The molecular weight excluding hydrogens is 231 g/mol. The first-order valence-electron chi connectivity index (χ1n) is 6.65. The second-order valence-electron chi connectivity index (χ2n) is 4.70. The first-order chi connectivity index (χ1) is 8.67. The molecular formula is C14H21FN2O. The van der Waals surface area contributed by atoms with E-state index in [-0.39, 0.29) is 5.82 Å². The summed E-state index contributed by atoms with van der Waals surface area (Å²) in [6.45, 7) is 5.39. The Balaban J connectivity index is 2.31. The fourth-order valence-corrected chi connectivity index (χ4v) is 2.20. The predicted molar refractivity (Wildman–Crippen MR) is 72.6 cm³/mol. The van der Waals surface area contributed by atoms with Gasteiger partial charge in [-0.05, 0) is 26.2 Å². The van der Waals surface area contributed by atoms with Gasteiger partial charge < -0.3 is 15.4 Å². The lowest BCUT2D eigenvalue weighted by Crippen LogP contribution is -2.27. The Morgan fingerprint density at radius 1 is 1.39 bits per heavy atom. The van der Waals surface area contributed by atoms with Crippen LogP contribution in [-0.2, 0) is 0 Å². The van der Waals surface area contributed by atoms with Crippen LogP contribution >= 0.6 is 0 Å². The number of nitrogens with two attached hydrogens (primary N) is 1. The Morgan fingerprint density at radius 3 is 2.67 bits per heavy atom. The molecule has 0 aliphatic heterocycles. The minimum atomic E-state index is -0.384. The zero-order chi connectivity index (χ0) is 13.1. The molecule has 0 atom stereocenters. The van der Waals surface area contributed by atoms with Gasteiger partial charge in [-0.15, -0.1) is 0 Å². The highest BCUT2D eigenvalue weighted by Gasteiger charge is 2.30. The van der Waals surface area contributed by atoms with Crippen LogP contribution in [0.4, 0.5) is 15.8 Å². The summed E-state index contributed by atoms with van der Waals surface area (Å²) in [4.78, 5) is 2.28. The topological polar surface area (TPSA) is 38.5 Å². The molecule has 4 heteroatoms. The van der Waals surface area contributed by atoms with Crippen molar-refractivity contribution < 1.29 is 9.13 Å². The van der Waals surface area contributed by atoms with Crippen molar-refractivity contribution in [1.82, 2.24) is 0 Å². The van der Waals surface area contributed by atoms with E-state index in [1.54, 1.807) is 6.07 Å². The number of rotatable bonds is 6. The molecule has 100 valence electrons. The van der Waals surface area contributed by atoms with E-state index in [1.165, 1.54) is 18.9 Å². The number of benzene rings is 1. The molecule has 1 saturated carbocycles. The lowest BCUT2D eigenvalue weighted by molar-refractivity contribution is 0.321. The highest BCUT2D eigenvalue weighted by Crippen LogP contribution is 2.38. The second-order valence-corrected chi connectivity index (χ2v) is 4.70. The number of ether oxygens (including phenoxy) is 1. The summed E-state index contributed by atoms with van der Waals surface area (Å²) in [5, 5.41) is 0. The third-order valence-electron chi connectivity index (χ3n) is 3.14. The van der Waals surface area contributed by atoms with E-state index in [4.69, 9.17) is 10.5 Å². The minimum Gasteiger partial charge on any atom is -0.491 e. The minimum absolute atomic E-state index is 0.295. The summed E-state index contributed by atoms with van der Waals surface area (Å²) in [6.07, 6.45) is 3.44. The first-order valence-corrected chi connectivity index (χ1v) is 6.65. The van der Waals surface area contributed by atoms with Crippen molar-refractivity contribution in [2.75, 3.05) is 23.8 Å². The summed E-state index contributed by atoms with van der Waals surface area (Å²) in [7, 11) is 0. The molecule has 0 heterocycles. The maximum Gasteiger partial charge on any atom is 0.167 e. The van der Waals surface area contributed by atoms with Gasteiger partial charge in [0.25, 0.3) is 0 Å². The Morgan fingerprint density at radius 2 is 2.11 bits per heavy atom. The van der Waals surface area contributed by atoms with Crippen molar-refractivity contribution in [1.29, 1.82) is 0 Å². The summed E-state index contributed by atoms with van der Waals surface area (Å²) in [5.74, 6) is -0.0891. The van der Waals surface area contributed by atoms with Crippen LogP contribution in [0.1, 0.15) is 33.1 Å². The fraction of sp³-hybridized carbons (Fsp3) is 0.571. The third-order valence-corrected chi connectivity index (χ3v) is 3.14. The van der Waals surface area contributed by atoms with Gasteiger partial charge in [0.2, 0.25) is 0 Å². The van der Waals surface area contributed by atoms with Crippen molar-refractivity contribution in [2.45, 2.75) is 39.2 Å². The van der Waals surface area contributed by atoms with Crippen LogP contribution in [0, 0.1) is 5.82 Å². The lowest BCUT2D eigenvalue weighted by Gasteiger charge is -2.26. The maximum absolute atomic E-state index is 13.7. The van der Waals surface area contributed by atoms with Crippen molar-refractivity contribution >= 4 is 11.4 Å². The zero-order valence-electron chi connectivity index (χ0n) is 11.1. The van der Waals surface area contributed by atoms with Crippen molar-refractivity contribution in [3.05, 3.63) is 17.9 Å². The molecule has 0 aromatic heterocycles. The average molecular weight is 252 g/mol. The molecule has 0 radical (unpaired) electrons. The van der Waals surface area contributed by atoms with E-state index < -0.39 is 0 Å². The summed E-state index contributed by atoms with van der Waals surface area (Å²) < 4.78 is 19.0. The number of anilines is 2. The molecule has 1 aromatic rings. The average Bonchev–Trinajstić information content (AvgIpc) is 3.14. The van der Waals surface area contributed by atoms with E-state index in [1.807, 2.05) is 6.92 Å². The summed E-state index contributed by atoms with van der Waals surface area (Å²) in [5.41, 5.74) is 7.35. The molecule has 0 saturated heterocycles. The molecule has 1 aromatic carbocycles. The van der Waals surface area contributed by atoms with Gasteiger partial charge in [-0.2, -0.15) is 0 Å². The number of halogens is 1. The number of nitrogens with zero attached hydrogens (tertiary/aromatic N) is 1. The molecule has 0 spiro atoms. The van der Waals surface area contributed by atoms with Gasteiger partial charge in [0.15, 0.2) is 11.6 Å². The normalized spacial score (nSPS) is 14.6. The van der Waals surface area contributed by atoms with Gasteiger partial charge in [0.05, 0.1) is 18.0 Å². The summed E-state index contributed by atoms with van der Waals surface area (Å²) in [6, 6.07) is 3.67. The van der Waals surface area contributed by atoms with Crippen molar-refractivity contribution in [2.24, 2.45) is 0 Å². The van der Waals surface area contributed by atoms with Crippen molar-refractivity contribution in [3.8, 4) is 5.75 Å². The molecule has 3 nitrogen and oxygen atoms in total. The van der Waals surface area contributed by atoms with Crippen molar-refractivity contribution in [3.63, 3.8) is 0 Å². The fourth-order valence-electron chi connectivity index (χ4n) is 2.20. The quantitative estimate of drug-likeness (QED) is 0.790. The van der Waals surface area contributed by atoms with Gasteiger partial charge in [-0.1, -0.05) is 6.92 Å². The Hall–Kier alpha value is -1.45. The molecule has 0 amide bonds. The van der Waals surface area contributed by atoms with Gasteiger partial charge >= 0.3 is 0 Å². The molecule has 18 heavy (non-hydrogen) atoms. The second kappa shape index (κ2) is 5.46. The Kier molecular flexibility index (Phi) is 3.94. The highest BCUT2D eigenvalue weighted by molar-refractivity contribution is 5.71. The molecule has 0 bridgehead atoms. The van der Waals surface area contributed by atoms with Gasteiger partial charge in [-0.25, -0.2) is 4.39 Å². The standard InChI is InChI=1S/C14H21FN2O/c1-3-7-17(10-5-6-10)13-9-14(18-4-2)11(15)8-12(13)16/h8-10H,3-7,16H2,1-2H3. The first kappa shape index (κ1) is 13.0. The van der Waals surface area contributed by atoms with Crippen LogP contribution < -0.4 is 15.4 Å². The van der Waals surface area contributed by atoms with Gasteiger partial charge in [0, 0.05) is 24.7 Å². The van der Waals surface area contributed by atoms with Crippen LogP contribution in [0.3, 0.4) is 0 Å². The predicted octanol–water partition coefficient (Wildman–Crippen LogP) is 3.19. The van der Waals surface area contributed by atoms with Crippen LogP contribution in [0.25, 0.3) is 0 Å². The van der Waals surface area contributed by atoms with Crippen LogP contribution in [-0.4, -0.2) is 19.2 Å². The van der Waals surface area contributed by atoms with E-state index >= 15 is 0 Å². The van der Waals surface area contributed by atoms with E-state index in [0.29, 0.717) is 24.1 Å². The number of hydrogen-bond acceptors (Lipinski definition) is 3. The Labute approximate surface area is 108 Å². The monoisotopic (exact) mass is 252 g/mol. The largest absolute Gasteiger partial charge is 0.491 e. The maximum atomic E-state index is 13.7. The molecule has 2 N–H and O–H groups in total. The lowest BCUT2D eigenvalue weighted by atomic mass is 10.2. The van der Waals surface area contributed by atoms with Gasteiger partial charge in [-0.3, -0.25) is 0 Å². The smallest absolute Gasteiger partial charge is 0.167 e. The van der Waals surface area contributed by atoms with Crippen LogP contribution in [0.5, 0.6) is 5.75 Å². The van der Waals surface area contributed by atoms with Gasteiger partial charge in [0.1, 0.15) is 0 Å². The number of nitrogen functional groups attached to an aromatic ring is 1. The van der Waals surface area contributed by atoms with Crippen LogP contribution in [0.15, 0.2) is 12.1 Å². The zero-order valence-corrected chi connectivity index (χ0v) is 11.1. The molecule has 0 unspecified atom stereocenters. The molecule has 1 aliphatic carbocycles. The van der Waals surface area contributed by atoms with E-state index in [2.05, 4.69) is 11.8 Å². The molecule has 2 rings (SSSR count). The molecule has 1 fully saturated rings. The van der Waals surface area contributed by atoms with E-state index in [0.717, 1.165) is 18.7 Å². The third kappa shape index (κ3) is 2.68. The molecule has 1 aliphatic rings. The van der Waals surface area contributed by atoms with E-state index in [9.17, 15) is 4.39 Å². The highest BCUT2D eigenvalue weighted by atomic mass is 19.1. The SMILES string of the molecule is CCCN(c1cc(OCC)c(F)cc1N)C1CC1. The van der Waals surface area contributed by atoms with Crippen LogP contribution in [0.2, 0.25) is 0 Å². The Bertz CT molecular complexity index is 419.